The highest BCUT2D eigenvalue weighted by Gasteiger charge is 2.28. The molecule has 0 spiro atoms. The van der Waals surface area contributed by atoms with E-state index in [1.54, 1.807) is 0 Å². The Labute approximate surface area is 102 Å². The minimum absolute atomic E-state index is 0.0342. The van der Waals surface area contributed by atoms with Crippen LogP contribution in [0.3, 0.4) is 0 Å². The van der Waals surface area contributed by atoms with Crippen molar-refractivity contribution in [1.29, 1.82) is 0 Å². The maximum absolute atomic E-state index is 11.0. The van der Waals surface area contributed by atoms with Crippen molar-refractivity contribution in [2.45, 2.75) is 20.8 Å². The molecular weight excluding hydrogens is 242 g/mol. The Morgan fingerprint density at radius 1 is 1.17 bits per heavy atom. The van der Waals surface area contributed by atoms with Gasteiger partial charge in [-0.05, 0) is 19.9 Å². The number of carbonyl (C=O) groups excluding carboxylic acids is 1. The topological polar surface area (TPSA) is 115 Å². The van der Waals surface area contributed by atoms with Gasteiger partial charge in [-0.25, -0.2) is 0 Å². The quantitative estimate of drug-likeness (QED) is 0.653. The molecular formula is C10H11N3O5. The van der Waals surface area contributed by atoms with Gasteiger partial charge in [0.2, 0.25) is 5.91 Å². The second-order valence-electron chi connectivity index (χ2n) is 3.76. The average Bonchev–Trinajstić information content (AvgIpc) is 2.13. The Morgan fingerprint density at radius 2 is 1.67 bits per heavy atom. The summed E-state index contributed by atoms with van der Waals surface area (Å²) < 4.78 is 0. The number of hydrogen-bond acceptors (Lipinski definition) is 5. The molecule has 0 unspecified atom stereocenters. The maximum Gasteiger partial charge on any atom is 0.302 e. The van der Waals surface area contributed by atoms with Crippen LogP contribution in [-0.4, -0.2) is 15.8 Å². The standard InChI is InChI=1S/C10H11N3O5/c1-5-4-8(11-7(3)14)10(13(17)18)6(2)9(5)12(15)16/h4H,1-3H3,(H,11,14). The second-order valence-corrected chi connectivity index (χ2v) is 3.76. The molecule has 0 saturated carbocycles. The van der Waals surface area contributed by atoms with Crippen molar-refractivity contribution in [2.75, 3.05) is 5.32 Å². The number of carbonyl (C=O) groups is 1. The molecule has 0 aliphatic carbocycles. The van der Waals surface area contributed by atoms with E-state index in [9.17, 15) is 25.0 Å². The number of rotatable bonds is 3. The number of anilines is 1. The molecule has 1 aromatic carbocycles. The van der Waals surface area contributed by atoms with E-state index < -0.39 is 21.4 Å². The summed E-state index contributed by atoms with van der Waals surface area (Å²) in [5, 5.41) is 24.1. The highest BCUT2D eigenvalue weighted by Crippen LogP contribution is 2.37. The molecule has 1 N–H and O–H groups in total. The third kappa shape index (κ3) is 2.42. The largest absolute Gasteiger partial charge is 0.321 e. The number of amides is 1. The molecule has 1 aromatic rings. The highest BCUT2D eigenvalue weighted by molar-refractivity contribution is 5.92. The molecule has 96 valence electrons. The fourth-order valence-corrected chi connectivity index (χ4v) is 1.76. The molecule has 0 aliphatic heterocycles. The van der Waals surface area contributed by atoms with E-state index in [1.165, 1.54) is 26.8 Å². The van der Waals surface area contributed by atoms with Crippen molar-refractivity contribution in [3.63, 3.8) is 0 Å². The van der Waals surface area contributed by atoms with Crippen molar-refractivity contribution in [1.82, 2.24) is 0 Å². The van der Waals surface area contributed by atoms with Crippen molar-refractivity contribution >= 4 is 23.0 Å². The summed E-state index contributed by atoms with van der Waals surface area (Å²) in [6, 6.07) is 1.23. The van der Waals surface area contributed by atoms with Gasteiger partial charge in [0, 0.05) is 12.5 Å². The van der Waals surface area contributed by atoms with Crippen LogP contribution >= 0.6 is 0 Å². The van der Waals surface area contributed by atoms with Crippen LogP contribution in [0.1, 0.15) is 18.1 Å². The number of nitrogens with one attached hydrogen (secondary N) is 1. The second kappa shape index (κ2) is 4.78. The molecule has 0 bridgehead atoms. The SMILES string of the molecule is CC(=O)Nc1cc(C)c([N+](=O)[O-])c(C)c1[N+](=O)[O-]. The van der Waals surface area contributed by atoms with Gasteiger partial charge in [-0.1, -0.05) is 0 Å². The van der Waals surface area contributed by atoms with Crippen LogP contribution in [-0.2, 0) is 4.79 Å². The van der Waals surface area contributed by atoms with E-state index in [0.717, 1.165) is 0 Å². The lowest BCUT2D eigenvalue weighted by molar-refractivity contribution is -0.395. The van der Waals surface area contributed by atoms with E-state index in [-0.39, 0.29) is 22.5 Å². The summed E-state index contributed by atoms with van der Waals surface area (Å²) in [6.45, 7) is 3.95. The fourth-order valence-electron chi connectivity index (χ4n) is 1.76. The first-order valence-corrected chi connectivity index (χ1v) is 4.96. The van der Waals surface area contributed by atoms with Crippen LogP contribution in [0.5, 0.6) is 0 Å². The van der Waals surface area contributed by atoms with Crippen LogP contribution in [0.15, 0.2) is 6.07 Å². The molecule has 0 atom stereocenters. The molecule has 8 nitrogen and oxygen atoms in total. The molecule has 1 rings (SSSR count). The lowest BCUT2D eigenvalue weighted by atomic mass is 10.1. The van der Waals surface area contributed by atoms with Gasteiger partial charge >= 0.3 is 5.69 Å². The van der Waals surface area contributed by atoms with Gasteiger partial charge in [0.05, 0.1) is 9.85 Å². The zero-order valence-corrected chi connectivity index (χ0v) is 10.0. The summed E-state index contributed by atoms with van der Waals surface area (Å²) in [5.74, 6) is -0.481. The lowest BCUT2D eigenvalue weighted by Crippen LogP contribution is -2.10. The normalized spacial score (nSPS) is 9.94. The molecule has 0 fully saturated rings. The summed E-state index contributed by atoms with van der Waals surface area (Å²) in [7, 11) is 0. The van der Waals surface area contributed by atoms with E-state index >= 15 is 0 Å². The van der Waals surface area contributed by atoms with Gasteiger partial charge in [-0.2, -0.15) is 0 Å². The predicted molar refractivity (Wildman–Crippen MR) is 63.5 cm³/mol. The van der Waals surface area contributed by atoms with E-state index in [4.69, 9.17) is 0 Å². The Bertz CT molecular complexity index is 553. The zero-order valence-electron chi connectivity index (χ0n) is 10.0. The monoisotopic (exact) mass is 253 g/mol. The lowest BCUT2D eigenvalue weighted by Gasteiger charge is -2.08. The molecule has 18 heavy (non-hydrogen) atoms. The van der Waals surface area contributed by atoms with Crippen LogP contribution in [0.25, 0.3) is 0 Å². The summed E-state index contributed by atoms with van der Waals surface area (Å²) in [6.07, 6.45) is 0. The molecule has 0 aromatic heterocycles. The van der Waals surface area contributed by atoms with E-state index in [1.807, 2.05) is 0 Å². The fraction of sp³-hybridized carbons (Fsp3) is 0.300. The molecule has 1 amide bonds. The smallest absolute Gasteiger partial charge is 0.302 e. The molecule has 0 aliphatic rings. The van der Waals surface area contributed by atoms with Gasteiger partial charge in [0.25, 0.3) is 5.69 Å². The molecule has 0 radical (unpaired) electrons. The van der Waals surface area contributed by atoms with Gasteiger partial charge in [-0.15, -0.1) is 0 Å². The van der Waals surface area contributed by atoms with Crippen LogP contribution in [0.4, 0.5) is 17.1 Å². The first-order valence-electron chi connectivity index (χ1n) is 4.96. The summed E-state index contributed by atoms with van der Waals surface area (Å²) >= 11 is 0. The Kier molecular flexibility index (Phi) is 3.60. The first-order chi connectivity index (χ1) is 8.25. The summed E-state index contributed by atoms with van der Waals surface area (Å²) in [5.41, 5.74) is -0.619. The van der Waals surface area contributed by atoms with Crippen molar-refractivity contribution < 1.29 is 14.6 Å². The van der Waals surface area contributed by atoms with Crippen LogP contribution in [0.2, 0.25) is 0 Å². The van der Waals surface area contributed by atoms with E-state index in [0.29, 0.717) is 0 Å². The van der Waals surface area contributed by atoms with Crippen LogP contribution in [0, 0.1) is 34.1 Å². The van der Waals surface area contributed by atoms with Crippen molar-refractivity contribution in [3.8, 4) is 0 Å². The van der Waals surface area contributed by atoms with E-state index in [2.05, 4.69) is 5.32 Å². The van der Waals surface area contributed by atoms with Gasteiger partial charge in [0.15, 0.2) is 0 Å². The van der Waals surface area contributed by atoms with Crippen LogP contribution < -0.4 is 5.32 Å². The highest BCUT2D eigenvalue weighted by atomic mass is 16.6. The zero-order chi connectivity index (χ0) is 14.0. The summed E-state index contributed by atoms with van der Waals surface area (Å²) in [4.78, 5) is 31.3. The Hall–Kier alpha value is -2.51. The van der Waals surface area contributed by atoms with Gasteiger partial charge in [-0.3, -0.25) is 25.0 Å². The third-order valence-electron chi connectivity index (χ3n) is 2.38. The Balaban J connectivity index is 3.60. The van der Waals surface area contributed by atoms with Crippen molar-refractivity contribution in [3.05, 3.63) is 37.4 Å². The first kappa shape index (κ1) is 13.6. The maximum atomic E-state index is 11.0. The Morgan fingerprint density at radius 3 is 2.06 bits per heavy atom. The number of aryl methyl sites for hydroxylation is 1. The minimum atomic E-state index is -0.743. The van der Waals surface area contributed by atoms with Crippen molar-refractivity contribution in [2.24, 2.45) is 0 Å². The number of hydrogen-bond donors (Lipinski definition) is 1. The third-order valence-corrected chi connectivity index (χ3v) is 2.38. The predicted octanol–water partition coefficient (Wildman–Crippen LogP) is 2.08. The molecule has 8 heteroatoms. The number of benzene rings is 1. The number of nitro benzene ring substituents is 2. The minimum Gasteiger partial charge on any atom is -0.321 e. The molecule has 0 heterocycles. The van der Waals surface area contributed by atoms with Gasteiger partial charge in [0.1, 0.15) is 11.3 Å². The average molecular weight is 253 g/mol. The number of nitro groups is 2. The number of nitrogens with zero attached hydrogens (tertiary/aromatic N) is 2. The van der Waals surface area contributed by atoms with Gasteiger partial charge < -0.3 is 5.32 Å². The molecule has 0 saturated heterocycles.